The van der Waals surface area contributed by atoms with Crippen molar-refractivity contribution in [2.24, 2.45) is 4.99 Å². The van der Waals surface area contributed by atoms with Crippen LogP contribution in [0.1, 0.15) is 55.4 Å². The van der Waals surface area contributed by atoms with Crippen LogP contribution in [0.2, 0.25) is 0 Å². The highest BCUT2D eigenvalue weighted by Crippen LogP contribution is 2.44. The average Bonchev–Trinajstić information content (AvgIpc) is 3.46. The van der Waals surface area contributed by atoms with E-state index in [-0.39, 0.29) is 0 Å². The molecule has 2 aliphatic heterocycles. The molecule has 3 rings (SSSR count). The van der Waals surface area contributed by atoms with Crippen molar-refractivity contribution in [2.75, 3.05) is 13.2 Å². The minimum absolute atomic E-state index is 0.612. The smallest absolute Gasteiger partial charge is 0.303 e. The Labute approximate surface area is 279 Å². The van der Waals surface area contributed by atoms with Gasteiger partial charge in [-0.1, -0.05) is 0 Å². The number of amides is 1. The molecular formula is C29H38N2O18. The third-order valence-corrected chi connectivity index (χ3v) is 7.30. The Kier molecular flexibility index (Phi) is 12.3. The SMILES string of the molecule is CC(=O)OC[C@H]1O[C@H](N(C(C)=O)C2=N[C@@H]3[C@H](O2)[C@@H](OC(C)=O)[C@@H](OC(C)=O)[C@@]3(O)COC(C)=O)[C@H](OC(C)=O)[C@@H](OC(C)=O)[C@@H]1OC(C)=O. The zero-order chi connectivity index (χ0) is 37.0. The third kappa shape index (κ3) is 8.99. The first-order valence-corrected chi connectivity index (χ1v) is 14.8. The summed E-state index contributed by atoms with van der Waals surface area (Å²) >= 11 is 0. The van der Waals surface area contributed by atoms with E-state index in [0.29, 0.717) is 4.90 Å². The van der Waals surface area contributed by atoms with Gasteiger partial charge < -0.3 is 47.7 Å². The highest BCUT2D eigenvalue weighted by atomic mass is 16.7. The Hall–Kier alpha value is -4.85. The lowest BCUT2D eigenvalue weighted by Crippen LogP contribution is -2.67. The largest absolute Gasteiger partial charge is 0.463 e. The lowest BCUT2D eigenvalue weighted by atomic mass is 9.96. The molecular weight excluding hydrogens is 664 g/mol. The number of amidine groups is 1. The number of carbonyl (C=O) groups is 8. The molecule has 10 atom stereocenters. The van der Waals surface area contributed by atoms with Crippen LogP contribution in [0.25, 0.3) is 0 Å². The van der Waals surface area contributed by atoms with Crippen LogP contribution in [-0.2, 0) is 81.0 Å². The molecule has 0 radical (unpaired) electrons. The van der Waals surface area contributed by atoms with Crippen molar-refractivity contribution in [3.8, 4) is 0 Å². The molecule has 20 nitrogen and oxygen atoms in total. The molecule has 49 heavy (non-hydrogen) atoms. The summed E-state index contributed by atoms with van der Waals surface area (Å²) < 4.78 is 49.0. The molecule has 0 spiro atoms. The normalized spacial score (nSPS) is 31.4. The number of nitrogens with zero attached hydrogens (tertiary/aromatic N) is 2. The van der Waals surface area contributed by atoms with E-state index in [1.807, 2.05) is 0 Å². The lowest BCUT2D eigenvalue weighted by molar-refractivity contribution is -0.270. The molecule has 20 heteroatoms. The Bertz CT molecular complexity index is 1400. The maximum absolute atomic E-state index is 13.4. The monoisotopic (exact) mass is 702 g/mol. The molecule has 1 aliphatic carbocycles. The molecule has 1 amide bonds. The van der Waals surface area contributed by atoms with Crippen molar-refractivity contribution in [3.05, 3.63) is 0 Å². The summed E-state index contributed by atoms with van der Waals surface area (Å²) in [7, 11) is 0. The highest BCUT2D eigenvalue weighted by molar-refractivity contribution is 5.94. The number of carbonyl (C=O) groups excluding carboxylic acids is 8. The second-order valence-corrected chi connectivity index (χ2v) is 11.3. The standard InChI is InChI=1S/C29H38N2O18/c1-11(32)31(27-24(46-17(7)38)21(44-15(5)36)20(43-14(4)35)19(48-27)9-41-12(2)33)28-30-25-22(49-28)23(45-16(6)37)26(47-18(8)39)29(25,40)10-42-13(3)34/h19-27,40H,9-10H2,1-8H3/t19-,20-,21+,22-,23-,24-,25-,26-,27+,29-/m1/s1. The quantitative estimate of drug-likeness (QED) is 0.195. The number of esters is 7. The van der Waals surface area contributed by atoms with Gasteiger partial charge in [0.05, 0.1) is 0 Å². The summed E-state index contributed by atoms with van der Waals surface area (Å²) in [5.41, 5.74) is -2.40. The van der Waals surface area contributed by atoms with Crippen LogP contribution in [0.5, 0.6) is 0 Å². The molecule has 0 aromatic rings. The van der Waals surface area contributed by atoms with E-state index in [9.17, 15) is 43.5 Å². The van der Waals surface area contributed by atoms with Gasteiger partial charge in [-0.05, 0) is 0 Å². The Morgan fingerprint density at radius 3 is 1.65 bits per heavy atom. The summed E-state index contributed by atoms with van der Waals surface area (Å²) in [5.74, 6) is -7.09. The van der Waals surface area contributed by atoms with Gasteiger partial charge in [-0.3, -0.25) is 38.4 Å². The number of hydrogen-bond acceptors (Lipinski definition) is 19. The fourth-order valence-electron chi connectivity index (χ4n) is 5.69. The van der Waals surface area contributed by atoms with Gasteiger partial charge in [-0.15, -0.1) is 0 Å². The molecule has 272 valence electrons. The van der Waals surface area contributed by atoms with Crippen LogP contribution < -0.4 is 0 Å². The molecule has 2 heterocycles. The van der Waals surface area contributed by atoms with Crippen molar-refractivity contribution in [1.82, 2.24) is 4.90 Å². The van der Waals surface area contributed by atoms with Crippen LogP contribution in [0, 0.1) is 0 Å². The Morgan fingerprint density at radius 1 is 0.673 bits per heavy atom. The van der Waals surface area contributed by atoms with E-state index in [4.69, 9.17) is 42.6 Å². The number of hydrogen-bond donors (Lipinski definition) is 1. The van der Waals surface area contributed by atoms with Gasteiger partial charge in [0.2, 0.25) is 5.91 Å². The number of rotatable bonds is 10. The lowest BCUT2D eigenvalue weighted by Gasteiger charge is -2.47. The van der Waals surface area contributed by atoms with E-state index >= 15 is 0 Å². The predicted octanol–water partition coefficient (Wildman–Crippen LogP) is -1.79. The molecule has 0 unspecified atom stereocenters. The van der Waals surface area contributed by atoms with E-state index in [2.05, 4.69) is 4.99 Å². The minimum atomic E-state index is -2.40. The van der Waals surface area contributed by atoms with Crippen molar-refractivity contribution in [1.29, 1.82) is 0 Å². The molecule has 3 aliphatic rings. The summed E-state index contributed by atoms with van der Waals surface area (Å²) in [6.45, 7) is 6.77. The molecule has 0 aromatic heterocycles. The second kappa shape index (κ2) is 15.6. The van der Waals surface area contributed by atoms with Gasteiger partial charge in [0, 0.05) is 55.4 Å². The molecule has 1 saturated carbocycles. The van der Waals surface area contributed by atoms with E-state index in [1.165, 1.54) is 0 Å². The minimum Gasteiger partial charge on any atom is -0.463 e. The summed E-state index contributed by atoms with van der Waals surface area (Å²) in [6, 6.07) is -2.16. The van der Waals surface area contributed by atoms with Crippen LogP contribution in [0.4, 0.5) is 0 Å². The molecule has 2 fully saturated rings. The van der Waals surface area contributed by atoms with Crippen LogP contribution in [0.15, 0.2) is 4.99 Å². The summed E-state index contributed by atoms with van der Waals surface area (Å²) in [4.78, 5) is 103. The molecule has 0 aromatic carbocycles. The predicted molar refractivity (Wildman–Crippen MR) is 153 cm³/mol. The van der Waals surface area contributed by atoms with Crippen molar-refractivity contribution < 1.29 is 86.1 Å². The third-order valence-electron chi connectivity index (χ3n) is 7.30. The van der Waals surface area contributed by atoms with Gasteiger partial charge in [0.25, 0.3) is 6.02 Å². The number of aliphatic hydroxyl groups is 1. The maximum atomic E-state index is 13.4. The topological polar surface area (TPSA) is 255 Å². The maximum Gasteiger partial charge on any atom is 0.303 e. The van der Waals surface area contributed by atoms with Gasteiger partial charge >= 0.3 is 41.8 Å². The van der Waals surface area contributed by atoms with Gasteiger partial charge in [0.1, 0.15) is 25.4 Å². The molecule has 1 N–H and O–H groups in total. The number of aliphatic imine (C=N–C) groups is 1. The second-order valence-electron chi connectivity index (χ2n) is 11.3. The van der Waals surface area contributed by atoms with E-state index < -0.39 is 128 Å². The van der Waals surface area contributed by atoms with Crippen molar-refractivity contribution >= 4 is 53.7 Å². The van der Waals surface area contributed by atoms with E-state index in [0.717, 1.165) is 55.4 Å². The number of ether oxygens (including phenoxy) is 9. The van der Waals surface area contributed by atoms with Crippen LogP contribution >= 0.6 is 0 Å². The fraction of sp³-hybridized carbons (Fsp3) is 0.690. The summed E-state index contributed by atoms with van der Waals surface area (Å²) in [5, 5.41) is 11.9. The van der Waals surface area contributed by atoms with Gasteiger partial charge in [-0.2, -0.15) is 0 Å². The number of fused-ring (bicyclic) bond motifs is 1. The van der Waals surface area contributed by atoms with Crippen molar-refractivity contribution in [2.45, 2.75) is 116 Å². The van der Waals surface area contributed by atoms with Gasteiger partial charge in [-0.25, -0.2) is 9.89 Å². The first-order chi connectivity index (χ1) is 22.8. The average molecular weight is 703 g/mol. The zero-order valence-corrected chi connectivity index (χ0v) is 27.9. The Morgan fingerprint density at radius 2 is 1.16 bits per heavy atom. The summed E-state index contributed by atoms with van der Waals surface area (Å²) in [6.07, 6.45) is -13.0. The Balaban J connectivity index is 2.20. The zero-order valence-electron chi connectivity index (χ0n) is 27.9. The molecule has 0 bridgehead atoms. The van der Waals surface area contributed by atoms with Crippen LogP contribution in [0.3, 0.4) is 0 Å². The highest BCUT2D eigenvalue weighted by Gasteiger charge is 2.69. The first kappa shape index (κ1) is 38.6. The van der Waals surface area contributed by atoms with Gasteiger partial charge in [0.15, 0.2) is 48.5 Å². The first-order valence-electron chi connectivity index (χ1n) is 14.8. The van der Waals surface area contributed by atoms with Crippen molar-refractivity contribution in [3.63, 3.8) is 0 Å². The molecule has 1 saturated heterocycles. The van der Waals surface area contributed by atoms with E-state index in [1.54, 1.807) is 0 Å². The fourth-order valence-corrected chi connectivity index (χ4v) is 5.69. The van der Waals surface area contributed by atoms with Crippen LogP contribution in [-0.4, -0.2) is 138 Å².